The number of carbonyl (C=O) groups is 2. The molecule has 2 fully saturated rings. The van der Waals surface area contributed by atoms with Crippen LogP contribution in [0.25, 0.3) is 0 Å². The van der Waals surface area contributed by atoms with Crippen LogP contribution in [0, 0.1) is 0 Å². The predicted molar refractivity (Wildman–Crippen MR) is 112 cm³/mol. The molecule has 2 heterocycles. The highest BCUT2D eigenvalue weighted by Crippen LogP contribution is 2.22. The van der Waals surface area contributed by atoms with Gasteiger partial charge in [0.25, 0.3) is 0 Å². The number of carbonyl (C=O) groups excluding carboxylic acids is 2. The third-order valence-electron chi connectivity index (χ3n) is 5.69. The summed E-state index contributed by atoms with van der Waals surface area (Å²) in [5.74, 6) is -1.87. The van der Waals surface area contributed by atoms with Gasteiger partial charge in [0.05, 0.1) is 4.90 Å². The average molecular weight is 477 g/mol. The number of nitrogens with zero attached hydrogens (tertiary/aromatic N) is 3. The Bertz CT molecular complexity index is 937. The maximum Gasteiger partial charge on any atom is 0.471 e. The molecule has 0 spiro atoms. The Balaban J connectivity index is 1.55. The number of alkyl halides is 3. The van der Waals surface area contributed by atoms with Crippen molar-refractivity contribution in [2.45, 2.75) is 36.4 Å². The first-order valence-corrected chi connectivity index (χ1v) is 12.3. The summed E-state index contributed by atoms with van der Waals surface area (Å²) in [6.07, 6.45) is -2.18. The smallest absolute Gasteiger partial charge is 0.370 e. The number of halogens is 3. The number of anilines is 1. The number of benzene rings is 1. The highest BCUT2D eigenvalue weighted by molar-refractivity contribution is 7.90. The topological polar surface area (TPSA) is 90.0 Å². The summed E-state index contributed by atoms with van der Waals surface area (Å²) in [4.78, 5) is 28.8. The maximum absolute atomic E-state index is 12.7. The van der Waals surface area contributed by atoms with Gasteiger partial charge in [0.2, 0.25) is 0 Å². The van der Waals surface area contributed by atoms with E-state index in [1.54, 1.807) is 29.2 Å². The van der Waals surface area contributed by atoms with Crippen molar-refractivity contribution in [3.05, 3.63) is 24.3 Å². The standard InChI is InChI=1S/C20H27F3N4O4S/c1-32(30,31)17-7-5-16(6-8-17)25-10-3-11-26(13-12-25)19(29)24-15-4-2-9-27(14-15)18(28)20(21,22)23/h5-8,15H,2-4,9-14H2,1H3,(H,24,29). The van der Waals surface area contributed by atoms with E-state index in [1.807, 2.05) is 0 Å². The lowest BCUT2D eigenvalue weighted by atomic mass is 10.1. The normalized spacial score (nSPS) is 20.6. The molecule has 0 bridgehead atoms. The van der Waals surface area contributed by atoms with E-state index >= 15 is 0 Å². The molecule has 1 unspecified atom stereocenters. The minimum Gasteiger partial charge on any atom is -0.370 e. The lowest BCUT2D eigenvalue weighted by Crippen LogP contribution is -2.55. The van der Waals surface area contributed by atoms with Crippen LogP contribution in [0.3, 0.4) is 0 Å². The van der Waals surface area contributed by atoms with E-state index in [4.69, 9.17) is 0 Å². The quantitative estimate of drug-likeness (QED) is 0.720. The number of hydrogen-bond donors (Lipinski definition) is 1. The van der Waals surface area contributed by atoms with E-state index in [1.165, 1.54) is 0 Å². The van der Waals surface area contributed by atoms with Gasteiger partial charge in [-0.25, -0.2) is 13.2 Å². The van der Waals surface area contributed by atoms with Crippen LogP contribution in [0.2, 0.25) is 0 Å². The van der Waals surface area contributed by atoms with Crippen LogP contribution in [0.5, 0.6) is 0 Å². The molecule has 1 aromatic rings. The van der Waals surface area contributed by atoms with Gasteiger partial charge in [0, 0.05) is 57.3 Å². The minimum atomic E-state index is -4.92. The fourth-order valence-corrected chi connectivity index (χ4v) is 4.64. The molecule has 2 saturated heterocycles. The van der Waals surface area contributed by atoms with Gasteiger partial charge in [-0.15, -0.1) is 0 Å². The fraction of sp³-hybridized carbons (Fsp3) is 0.600. The molecule has 1 aromatic carbocycles. The van der Waals surface area contributed by atoms with E-state index in [0.29, 0.717) is 45.4 Å². The van der Waals surface area contributed by atoms with Crippen molar-refractivity contribution in [1.29, 1.82) is 0 Å². The molecule has 12 heteroatoms. The highest BCUT2D eigenvalue weighted by Gasteiger charge is 2.43. The van der Waals surface area contributed by atoms with Gasteiger partial charge in [-0.3, -0.25) is 4.79 Å². The minimum absolute atomic E-state index is 0.0293. The van der Waals surface area contributed by atoms with Crippen LogP contribution in [0.4, 0.5) is 23.7 Å². The predicted octanol–water partition coefficient (Wildman–Crippen LogP) is 1.87. The SMILES string of the molecule is CS(=O)(=O)c1ccc(N2CCCN(C(=O)NC3CCCN(C(=O)C(F)(F)F)C3)CC2)cc1. The number of urea groups is 1. The van der Waals surface area contributed by atoms with Gasteiger partial charge in [-0.05, 0) is 43.5 Å². The summed E-state index contributed by atoms with van der Waals surface area (Å²) in [5, 5.41) is 2.77. The Labute approximate surface area is 185 Å². The lowest BCUT2D eigenvalue weighted by Gasteiger charge is -2.34. The van der Waals surface area contributed by atoms with Crippen LogP contribution in [-0.2, 0) is 14.6 Å². The first kappa shape index (κ1) is 24.1. The van der Waals surface area contributed by atoms with Crippen LogP contribution < -0.4 is 10.2 Å². The number of amides is 3. The van der Waals surface area contributed by atoms with Crippen molar-refractivity contribution in [3.63, 3.8) is 0 Å². The molecular formula is C20H27F3N4O4S. The molecule has 0 aromatic heterocycles. The van der Waals surface area contributed by atoms with Crippen LogP contribution in [-0.4, -0.2) is 87.9 Å². The zero-order chi connectivity index (χ0) is 23.5. The molecule has 2 aliphatic heterocycles. The van der Waals surface area contributed by atoms with E-state index in [0.717, 1.165) is 16.8 Å². The largest absolute Gasteiger partial charge is 0.471 e. The van der Waals surface area contributed by atoms with Crippen LogP contribution >= 0.6 is 0 Å². The summed E-state index contributed by atoms with van der Waals surface area (Å²) in [7, 11) is -3.28. The Kier molecular flexibility index (Phi) is 7.21. The summed E-state index contributed by atoms with van der Waals surface area (Å²) < 4.78 is 61.3. The first-order chi connectivity index (χ1) is 14.9. The zero-order valence-electron chi connectivity index (χ0n) is 17.8. The Morgan fingerprint density at radius 2 is 1.62 bits per heavy atom. The Morgan fingerprint density at radius 3 is 2.25 bits per heavy atom. The molecule has 32 heavy (non-hydrogen) atoms. The number of hydrogen-bond acceptors (Lipinski definition) is 5. The Morgan fingerprint density at radius 1 is 0.969 bits per heavy atom. The summed E-state index contributed by atoms with van der Waals surface area (Å²) in [6, 6.07) is 5.70. The van der Waals surface area contributed by atoms with Gasteiger partial charge in [0.1, 0.15) is 0 Å². The second-order valence-corrected chi connectivity index (χ2v) is 10.1. The van der Waals surface area contributed by atoms with Crippen LogP contribution in [0.1, 0.15) is 19.3 Å². The molecule has 3 amide bonds. The maximum atomic E-state index is 12.7. The van der Waals surface area contributed by atoms with Crippen molar-refractivity contribution >= 4 is 27.5 Å². The number of rotatable bonds is 3. The molecule has 0 saturated carbocycles. The molecule has 8 nitrogen and oxygen atoms in total. The molecule has 2 aliphatic rings. The zero-order valence-corrected chi connectivity index (χ0v) is 18.6. The molecule has 178 valence electrons. The molecule has 3 rings (SSSR count). The van der Waals surface area contributed by atoms with Gasteiger partial charge < -0.3 is 20.0 Å². The molecule has 0 radical (unpaired) electrons. The van der Waals surface area contributed by atoms with E-state index in [2.05, 4.69) is 10.2 Å². The van der Waals surface area contributed by atoms with Gasteiger partial charge >= 0.3 is 18.1 Å². The fourth-order valence-electron chi connectivity index (χ4n) is 4.01. The average Bonchev–Trinajstić information content (AvgIpc) is 2.98. The van der Waals surface area contributed by atoms with Crippen molar-refractivity contribution in [2.24, 2.45) is 0 Å². The summed E-state index contributed by atoms with van der Waals surface area (Å²) in [5.41, 5.74) is 0.855. The Hall–Kier alpha value is -2.50. The third kappa shape index (κ3) is 6.05. The highest BCUT2D eigenvalue weighted by atomic mass is 32.2. The first-order valence-electron chi connectivity index (χ1n) is 10.4. The van der Waals surface area contributed by atoms with Crippen molar-refractivity contribution in [3.8, 4) is 0 Å². The summed E-state index contributed by atoms with van der Waals surface area (Å²) in [6.45, 7) is 1.99. The molecule has 1 atom stereocenters. The molecule has 1 N–H and O–H groups in total. The monoisotopic (exact) mass is 476 g/mol. The van der Waals surface area contributed by atoms with Gasteiger partial charge in [-0.2, -0.15) is 13.2 Å². The number of likely N-dealkylation sites (tertiary alicyclic amines) is 1. The lowest BCUT2D eigenvalue weighted by molar-refractivity contribution is -0.186. The molecule has 0 aliphatic carbocycles. The molecular weight excluding hydrogens is 449 g/mol. The van der Waals surface area contributed by atoms with Crippen LogP contribution in [0.15, 0.2) is 29.2 Å². The van der Waals surface area contributed by atoms with E-state index in [9.17, 15) is 31.2 Å². The van der Waals surface area contributed by atoms with E-state index in [-0.39, 0.29) is 24.0 Å². The van der Waals surface area contributed by atoms with Gasteiger partial charge in [0.15, 0.2) is 9.84 Å². The van der Waals surface area contributed by atoms with Crippen molar-refractivity contribution in [1.82, 2.24) is 15.1 Å². The second-order valence-electron chi connectivity index (χ2n) is 8.13. The number of piperidine rings is 1. The van der Waals surface area contributed by atoms with Gasteiger partial charge in [-0.1, -0.05) is 0 Å². The van der Waals surface area contributed by atoms with E-state index < -0.39 is 28.0 Å². The number of nitrogens with one attached hydrogen (secondary N) is 1. The van der Waals surface area contributed by atoms with Crippen molar-refractivity contribution < 1.29 is 31.2 Å². The summed E-state index contributed by atoms with van der Waals surface area (Å²) >= 11 is 0. The van der Waals surface area contributed by atoms with Crippen molar-refractivity contribution in [2.75, 3.05) is 50.4 Å². The number of sulfone groups is 1. The third-order valence-corrected chi connectivity index (χ3v) is 6.82. The second kappa shape index (κ2) is 9.55.